The lowest BCUT2D eigenvalue weighted by Gasteiger charge is -2.48. The van der Waals surface area contributed by atoms with Gasteiger partial charge in [0.2, 0.25) is 11.8 Å². The van der Waals surface area contributed by atoms with E-state index in [9.17, 15) is 26.4 Å². The number of methoxy groups -OCH3 is 1. The van der Waals surface area contributed by atoms with Crippen LogP contribution >= 0.6 is 0 Å². The zero-order chi connectivity index (χ0) is 24.7. The van der Waals surface area contributed by atoms with Crippen LogP contribution in [-0.4, -0.2) is 37.3 Å². The molecule has 1 N–H and O–H groups in total. The van der Waals surface area contributed by atoms with E-state index in [-0.39, 0.29) is 28.3 Å². The molecule has 0 saturated heterocycles. The smallest absolute Gasteiger partial charge is 0.263 e. The molecule has 0 bridgehead atoms. The summed E-state index contributed by atoms with van der Waals surface area (Å²) in [6.07, 6.45) is -0.624. The molecule has 11 heteroatoms. The van der Waals surface area contributed by atoms with Gasteiger partial charge in [-0.05, 0) is 49.2 Å². The average molecular weight is 494 g/mol. The zero-order valence-corrected chi connectivity index (χ0v) is 19.2. The molecule has 180 valence electrons. The minimum atomic E-state index is -4.16. The number of nitrogens with one attached hydrogen (secondary N) is 1. The highest BCUT2D eigenvalue weighted by molar-refractivity contribution is 7.92. The van der Waals surface area contributed by atoms with Crippen LogP contribution in [0.15, 0.2) is 59.6 Å². The molecule has 7 nitrogen and oxygen atoms in total. The van der Waals surface area contributed by atoms with Crippen molar-refractivity contribution >= 4 is 15.7 Å². The number of sulfone groups is 1. The van der Waals surface area contributed by atoms with Crippen LogP contribution < -0.4 is 10.1 Å². The second kappa shape index (κ2) is 8.79. The van der Waals surface area contributed by atoms with Crippen LogP contribution in [0.2, 0.25) is 0 Å². The van der Waals surface area contributed by atoms with Gasteiger partial charge in [0.05, 0.1) is 29.3 Å². The maximum absolute atomic E-state index is 13.9. The number of hydrogen-bond acceptors (Lipinski definition) is 5. The summed E-state index contributed by atoms with van der Waals surface area (Å²) in [6, 6.07) is 9.05. The SMILES string of the molecule is COc1nn(-c2ccc(C(F)F)cc2)cc1[C@@]1(S(=O)(=O)c2ccc(F)cc2)CC[C@H]1NC(C)=O. The molecule has 1 saturated carbocycles. The van der Waals surface area contributed by atoms with Gasteiger partial charge in [0, 0.05) is 18.7 Å². The van der Waals surface area contributed by atoms with Gasteiger partial charge in [-0.15, -0.1) is 5.10 Å². The Morgan fingerprint density at radius 1 is 1.18 bits per heavy atom. The maximum atomic E-state index is 13.9. The van der Waals surface area contributed by atoms with Crippen molar-refractivity contribution in [2.75, 3.05) is 7.11 Å². The predicted molar refractivity (Wildman–Crippen MR) is 117 cm³/mol. The Morgan fingerprint density at radius 2 is 1.82 bits per heavy atom. The summed E-state index contributed by atoms with van der Waals surface area (Å²) in [7, 11) is -2.83. The summed E-state index contributed by atoms with van der Waals surface area (Å²) in [6.45, 7) is 1.29. The lowest BCUT2D eigenvalue weighted by molar-refractivity contribution is -0.120. The van der Waals surface area contributed by atoms with E-state index in [1.807, 2.05) is 0 Å². The van der Waals surface area contributed by atoms with Crippen molar-refractivity contribution < 1.29 is 31.1 Å². The average Bonchev–Trinajstić information content (AvgIpc) is 3.21. The third-order valence-corrected chi connectivity index (χ3v) is 8.65. The lowest BCUT2D eigenvalue weighted by atomic mass is 9.74. The Balaban J connectivity index is 1.87. The molecule has 34 heavy (non-hydrogen) atoms. The minimum Gasteiger partial charge on any atom is -0.480 e. The van der Waals surface area contributed by atoms with Gasteiger partial charge in [-0.2, -0.15) is 0 Å². The number of benzene rings is 2. The van der Waals surface area contributed by atoms with Crippen LogP contribution in [0.5, 0.6) is 5.88 Å². The normalized spacial score (nSPS) is 20.1. The number of ether oxygens (including phenoxy) is 1. The molecule has 1 aliphatic carbocycles. The fourth-order valence-electron chi connectivity index (χ4n) is 4.30. The Labute approximate surface area is 194 Å². The third-order valence-electron chi connectivity index (χ3n) is 6.09. The van der Waals surface area contributed by atoms with E-state index in [1.165, 1.54) is 61.3 Å². The van der Waals surface area contributed by atoms with Crippen LogP contribution in [0.1, 0.15) is 37.3 Å². The highest BCUT2D eigenvalue weighted by Gasteiger charge is 2.60. The van der Waals surface area contributed by atoms with Crippen molar-refractivity contribution in [2.45, 2.75) is 41.9 Å². The highest BCUT2D eigenvalue weighted by atomic mass is 32.2. The van der Waals surface area contributed by atoms with E-state index >= 15 is 0 Å². The Kier molecular flexibility index (Phi) is 6.15. The van der Waals surface area contributed by atoms with Gasteiger partial charge < -0.3 is 10.1 Å². The van der Waals surface area contributed by atoms with E-state index in [1.54, 1.807) is 0 Å². The third kappa shape index (κ3) is 3.83. The number of halogens is 3. The molecule has 1 aromatic heterocycles. The number of carbonyl (C=O) groups excluding carboxylic acids is 1. The zero-order valence-electron chi connectivity index (χ0n) is 18.3. The second-order valence-electron chi connectivity index (χ2n) is 8.03. The summed E-state index contributed by atoms with van der Waals surface area (Å²) >= 11 is 0. The summed E-state index contributed by atoms with van der Waals surface area (Å²) in [4.78, 5) is 11.8. The van der Waals surface area contributed by atoms with Gasteiger partial charge in [-0.25, -0.2) is 26.3 Å². The largest absolute Gasteiger partial charge is 0.480 e. The molecule has 2 atom stereocenters. The molecule has 2 aromatic carbocycles. The first kappa shape index (κ1) is 23.8. The summed E-state index contributed by atoms with van der Waals surface area (Å²) < 4.78 is 72.3. The van der Waals surface area contributed by atoms with Crippen LogP contribution in [-0.2, 0) is 19.4 Å². The molecule has 0 unspecified atom stereocenters. The van der Waals surface area contributed by atoms with E-state index < -0.39 is 38.8 Å². The lowest BCUT2D eigenvalue weighted by Crippen LogP contribution is -2.61. The van der Waals surface area contributed by atoms with Gasteiger partial charge in [0.25, 0.3) is 6.43 Å². The van der Waals surface area contributed by atoms with Crippen molar-refractivity contribution in [3.05, 3.63) is 71.7 Å². The number of carbonyl (C=O) groups is 1. The van der Waals surface area contributed by atoms with Crippen LogP contribution in [0.25, 0.3) is 5.69 Å². The number of nitrogens with zero attached hydrogens (tertiary/aromatic N) is 2. The standard InChI is InChI=1S/C23H22F3N3O4S/c1-14(30)27-20-11-12-23(20,34(31,32)18-9-5-16(24)6-10-18)19-13-29(28-22(19)33-2)17-7-3-15(4-8-17)21(25)26/h3-10,13,20-21H,11-12H2,1-2H3,(H,27,30)/t20-,23+/m1/s1. The fraction of sp³-hybridized carbons (Fsp3) is 0.304. The quantitative estimate of drug-likeness (QED) is 0.504. The van der Waals surface area contributed by atoms with Crippen molar-refractivity contribution in [2.24, 2.45) is 0 Å². The maximum Gasteiger partial charge on any atom is 0.263 e. The van der Waals surface area contributed by atoms with E-state index in [0.717, 1.165) is 12.1 Å². The van der Waals surface area contributed by atoms with Gasteiger partial charge in [0.15, 0.2) is 9.84 Å². The molecular weight excluding hydrogens is 471 g/mol. The molecule has 1 heterocycles. The van der Waals surface area contributed by atoms with Gasteiger partial charge in [0.1, 0.15) is 10.6 Å². The fourth-order valence-corrected chi connectivity index (χ4v) is 6.58. The van der Waals surface area contributed by atoms with Crippen molar-refractivity contribution in [1.29, 1.82) is 0 Å². The number of aromatic nitrogens is 2. The van der Waals surface area contributed by atoms with Gasteiger partial charge >= 0.3 is 0 Å². The molecule has 1 fully saturated rings. The number of alkyl halides is 2. The Bertz CT molecular complexity index is 1310. The highest BCUT2D eigenvalue weighted by Crippen LogP contribution is 2.53. The minimum absolute atomic E-state index is 0.0127. The molecule has 0 radical (unpaired) electrons. The monoisotopic (exact) mass is 493 g/mol. The molecule has 4 rings (SSSR count). The molecule has 0 spiro atoms. The van der Waals surface area contributed by atoms with E-state index in [4.69, 9.17) is 4.74 Å². The first-order valence-electron chi connectivity index (χ1n) is 10.4. The summed E-state index contributed by atoms with van der Waals surface area (Å²) in [5, 5.41) is 7.03. The summed E-state index contributed by atoms with van der Waals surface area (Å²) in [5.41, 5.74) is 0.462. The van der Waals surface area contributed by atoms with Crippen molar-refractivity contribution in [1.82, 2.24) is 15.1 Å². The van der Waals surface area contributed by atoms with Crippen LogP contribution in [0.4, 0.5) is 13.2 Å². The molecule has 1 aliphatic rings. The van der Waals surface area contributed by atoms with Crippen molar-refractivity contribution in [3.63, 3.8) is 0 Å². The molecule has 1 amide bonds. The Hall–Kier alpha value is -3.34. The van der Waals surface area contributed by atoms with Gasteiger partial charge in [-0.3, -0.25) is 4.79 Å². The number of rotatable bonds is 7. The van der Waals surface area contributed by atoms with Crippen molar-refractivity contribution in [3.8, 4) is 11.6 Å². The second-order valence-corrected chi connectivity index (χ2v) is 10.2. The molecular formula is C23H22F3N3O4S. The first-order valence-corrected chi connectivity index (χ1v) is 11.9. The number of amides is 1. The van der Waals surface area contributed by atoms with E-state index in [2.05, 4.69) is 10.4 Å². The Morgan fingerprint density at radius 3 is 2.32 bits per heavy atom. The van der Waals surface area contributed by atoms with Gasteiger partial charge in [-0.1, -0.05) is 12.1 Å². The van der Waals surface area contributed by atoms with Crippen LogP contribution in [0, 0.1) is 5.82 Å². The summed E-state index contributed by atoms with van der Waals surface area (Å²) in [5.74, 6) is -0.978. The predicted octanol–water partition coefficient (Wildman–Crippen LogP) is 3.93. The molecule has 0 aliphatic heterocycles. The topological polar surface area (TPSA) is 90.3 Å². The van der Waals surface area contributed by atoms with Crippen LogP contribution in [0.3, 0.4) is 0 Å². The molecule has 3 aromatic rings. The number of hydrogen-bond donors (Lipinski definition) is 1. The van der Waals surface area contributed by atoms with E-state index in [0.29, 0.717) is 12.1 Å². The first-order chi connectivity index (χ1) is 16.1.